The molecule has 2 atom stereocenters. The highest BCUT2D eigenvalue weighted by Gasteiger charge is 2.13. The lowest BCUT2D eigenvalue weighted by Gasteiger charge is -2.20. The quantitative estimate of drug-likeness (QED) is 0.922. The van der Waals surface area contributed by atoms with Crippen LogP contribution in [0.2, 0.25) is 0 Å². The Kier molecular flexibility index (Phi) is 4.75. The molecule has 21 heavy (non-hydrogen) atoms. The van der Waals surface area contributed by atoms with Gasteiger partial charge in [-0.15, -0.1) is 0 Å². The van der Waals surface area contributed by atoms with Crippen LogP contribution in [0.25, 0.3) is 0 Å². The van der Waals surface area contributed by atoms with Crippen LogP contribution in [-0.4, -0.2) is 19.7 Å². The lowest BCUT2D eigenvalue weighted by molar-refractivity contribution is 0.486. The van der Waals surface area contributed by atoms with Crippen LogP contribution in [0.15, 0.2) is 53.6 Å². The smallest absolute Gasteiger partial charge is 0.175 e. The Labute approximate surface area is 126 Å². The summed E-state index contributed by atoms with van der Waals surface area (Å²) in [6, 6.07) is 13.1. The van der Waals surface area contributed by atoms with Gasteiger partial charge in [-0.25, -0.2) is 8.42 Å². The molecule has 0 aliphatic rings. The highest BCUT2D eigenvalue weighted by Crippen LogP contribution is 2.19. The normalized spacial score (nSPS) is 14.6. The molecule has 0 spiro atoms. The SMILES string of the molecule is CC(NC(C)c1ccccn1)c1ccc(S(C)(=O)=O)cc1. The molecule has 0 radical (unpaired) electrons. The zero-order valence-corrected chi connectivity index (χ0v) is 13.3. The van der Waals surface area contributed by atoms with Gasteiger partial charge in [-0.2, -0.15) is 0 Å². The van der Waals surface area contributed by atoms with E-state index in [9.17, 15) is 8.42 Å². The minimum Gasteiger partial charge on any atom is -0.302 e. The van der Waals surface area contributed by atoms with Crippen LogP contribution in [-0.2, 0) is 9.84 Å². The third-order valence-electron chi connectivity index (χ3n) is 3.44. The summed E-state index contributed by atoms with van der Waals surface area (Å²) in [6.45, 7) is 4.11. The van der Waals surface area contributed by atoms with Gasteiger partial charge < -0.3 is 5.32 Å². The van der Waals surface area contributed by atoms with E-state index in [1.165, 1.54) is 6.26 Å². The molecule has 0 saturated carbocycles. The molecule has 0 aliphatic carbocycles. The number of sulfone groups is 1. The first-order valence-corrected chi connectivity index (χ1v) is 8.74. The fourth-order valence-electron chi connectivity index (χ4n) is 2.19. The Morgan fingerprint density at radius 3 is 2.19 bits per heavy atom. The molecule has 1 heterocycles. The van der Waals surface area contributed by atoms with E-state index in [-0.39, 0.29) is 12.1 Å². The molecule has 112 valence electrons. The van der Waals surface area contributed by atoms with E-state index in [0.29, 0.717) is 4.90 Å². The molecule has 0 fully saturated rings. The molecule has 5 heteroatoms. The van der Waals surface area contributed by atoms with Crippen molar-refractivity contribution in [1.82, 2.24) is 10.3 Å². The molecule has 0 amide bonds. The van der Waals surface area contributed by atoms with Crippen molar-refractivity contribution in [3.05, 3.63) is 59.9 Å². The van der Waals surface area contributed by atoms with E-state index in [1.54, 1.807) is 18.3 Å². The highest BCUT2D eigenvalue weighted by molar-refractivity contribution is 7.90. The zero-order valence-electron chi connectivity index (χ0n) is 12.4. The molecule has 1 N–H and O–H groups in total. The highest BCUT2D eigenvalue weighted by atomic mass is 32.2. The molecule has 4 nitrogen and oxygen atoms in total. The van der Waals surface area contributed by atoms with Crippen LogP contribution < -0.4 is 5.32 Å². The number of nitrogens with one attached hydrogen (secondary N) is 1. The lowest BCUT2D eigenvalue weighted by atomic mass is 10.1. The number of hydrogen-bond acceptors (Lipinski definition) is 4. The summed E-state index contributed by atoms with van der Waals surface area (Å²) in [4.78, 5) is 4.67. The van der Waals surface area contributed by atoms with E-state index < -0.39 is 9.84 Å². The number of rotatable bonds is 5. The van der Waals surface area contributed by atoms with Gasteiger partial charge in [0.25, 0.3) is 0 Å². The van der Waals surface area contributed by atoms with Gasteiger partial charge in [0, 0.05) is 24.5 Å². The molecular weight excluding hydrogens is 284 g/mol. The first-order chi connectivity index (χ1) is 9.88. The first-order valence-electron chi connectivity index (χ1n) is 6.85. The predicted octanol–water partition coefficient (Wildman–Crippen LogP) is 2.90. The van der Waals surface area contributed by atoms with E-state index in [0.717, 1.165) is 11.3 Å². The van der Waals surface area contributed by atoms with Crippen molar-refractivity contribution >= 4 is 9.84 Å². The molecular formula is C16H20N2O2S. The average Bonchev–Trinajstić information content (AvgIpc) is 2.47. The van der Waals surface area contributed by atoms with E-state index in [4.69, 9.17) is 0 Å². The van der Waals surface area contributed by atoms with Crippen molar-refractivity contribution in [2.45, 2.75) is 30.8 Å². The van der Waals surface area contributed by atoms with Gasteiger partial charge in [0.2, 0.25) is 0 Å². The summed E-state index contributed by atoms with van der Waals surface area (Å²) < 4.78 is 22.9. The molecule has 2 rings (SSSR count). The second-order valence-corrected chi connectivity index (χ2v) is 7.22. The molecule has 0 saturated heterocycles. The van der Waals surface area contributed by atoms with Crippen LogP contribution in [0.3, 0.4) is 0 Å². The van der Waals surface area contributed by atoms with Gasteiger partial charge in [-0.3, -0.25) is 4.98 Å². The second-order valence-electron chi connectivity index (χ2n) is 5.21. The summed E-state index contributed by atoms with van der Waals surface area (Å²) in [5, 5.41) is 3.46. The average molecular weight is 304 g/mol. The van der Waals surface area contributed by atoms with Crippen molar-refractivity contribution in [2.75, 3.05) is 6.26 Å². The Bertz CT molecular complexity index is 682. The summed E-state index contributed by atoms with van der Waals surface area (Å²) in [5.41, 5.74) is 2.03. The minimum absolute atomic E-state index is 0.107. The van der Waals surface area contributed by atoms with Gasteiger partial charge in [0.1, 0.15) is 0 Å². The van der Waals surface area contributed by atoms with Gasteiger partial charge in [-0.1, -0.05) is 18.2 Å². The predicted molar refractivity (Wildman–Crippen MR) is 83.8 cm³/mol. The molecule has 0 bridgehead atoms. The molecule has 1 aromatic heterocycles. The van der Waals surface area contributed by atoms with E-state index in [2.05, 4.69) is 24.1 Å². The Hall–Kier alpha value is -1.72. The lowest BCUT2D eigenvalue weighted by Crippen LogP contribution is -2.23. The third kappa shape index (κ3) is 4.12. The second kappa shape index (κ2) is 6.37. The summed E-state index contributed by atoms with van der Waals surface area (Å²) in [5.74, 6) is 0. The van der Waals surface area contributed by atoms with Crippen LogP contribution >= 0.6 is 0 Å². The number of benzene rings is 1. The summed E-state index contributed by atoms with van der Waals surface area (Å²) in [7, 11) is -3.14. The van der Waals surface area contributed by atoms with Gasteiger partial charge in [-0.05, 0) is 43.7 Å². The van der Waals surface area contributed by atoms with Gasteiger partial charge in [0.15, 0.2) is 9.84 Å². The number of nitrogens with zero attached hydrogens (tertiary/aromatic N) is 1. The zero-order chi connectivity index (χ0) is 15.5. The van der Waals surface area contributed by atoms with E-state index >= 15 is 0 Å². The Morgan fingerprint density at radius 1 is 1.00 bits per heavy atom. The monoisotopic (exact) mass is 304 g/mol. The maximum Gasteiger partial charge on any atom is 0.175 e. The number of pyridine rings is 1. The van der Waals surface area contributed by atoms with Crippen LogP contribution in [0.5, 0.6) is 0 Å². The van der Waals surface area contributed by atoms with Gasteiger partial charge >= 0.3 is 0 Å². The Morgan fingerprint density at radius 2 is 1.67 bits per heavy atom. The Balaban J connectivity index is 2.08. The van der Waals surface area contributed by atoms with Crippen molar-refractivity contribution in [2.24, 2.45) is 0 Å². The number of aromatic nitrogens is 1. The van der Waals surface area contributed by atoms with Crippen LogP contribution in [0.4, 0.5) is 0 Å². The maximum atomic E-state index is 11.5. The first kappa shape index (κ1) is 15.7. The number of hydrogen-bond donors (Lipinski definition) is 1. The van der Waals surface area contributed by atoms with Crippen LogP contribution in [0, 0.1) is 0 Å². The van der Waals surface area contributed by atoms with Crippen molar-refractivity contribution in [1.29, 1.82) is 0 Å². The molecule has 2 unspecified atom stereocenters. The topological polar surface area (TPSA) is 59.1 Å². The third-order valence-corrected chi connectivity index (χ3v) is 4.57. The fourth-order valence-corrected chi connectivity index (χ4v) is 2.82. The van der Waals surface area contributed by atoms with Crippen molar-refractivity contribution in [3.8, 4) is 0 Å². The minimum atomic E-state index is -3.14. The van der Waals surface area contributed by atoms with Crippen molar-refractivity contribution < 1.29 is 8.42 Å². The molecule has 1 aromatic carbocycles. The maximum absolute atomic E-state index is 11.5. The van der Waals surface area contributed by atoms with Gasteiger partial charge in [0.05, 0.1) is 10.6 Å². The standard InChI is InChI=1S/C16H20N2O2S/c1-12(18-13(2)16-6-4-5-11-17-16)14-7-9-15(10-8-14)21(3,19)20/h4-13,18H,1-3H3. The van der Waals surface area contributed by atoms with Crippen molar-refractivity contribution in [3.63, 3.8) is 0 Å². The summed E-state index contributed by atoms with van der Waals surface area (Å²) >= 11 is 0. The molecule has 2 aromatic rings. The summed E-state index contributed by atoms with van der Waals surface area (Å²) in [6.07, 6.45) is 2.99. The van der Waals surface area contributed by atoms with Crippen LogP contribution in [0.1, 0.15) is 37.2 Å². The van der Waals surface area contributed by atoms with E-state index in [1.807, 2.05) is 30.3 Å². The fraction of sp³-hybridized carbons (Fsp3) is 0.312. The largest absolute Gasteiger partial charge is 0.302 e. The molecule has 0 aliphatic heterocycles.